The molecule has 0 radical (unpaired) electrons. The largest absolute Gasteiger partial charge is 0.395 e. The van der Waals surface area contributed by atoms with Gasteiger partial charge in [-0.2, -0.15) is 0 Å². The zero-order valence-corrected chi connectivity index (χ0v) is 14.0. The fourth-order valence-corrected chi connectivity index (χ4v) is 5.01. The van der Waals surface area contributed by atoms with E-state index in [1.807, 2.05) is 13.0 Å². The van der Waals surface area contributed by atoms with Gasteiger partial charge in [0, 0.05) is 24.0 Å². The minimum absolute atomic E-state index is 0.150. The molecule has 1 atom stereocenters. The summed E-state index contributed by atoms with van der Waals surface area (Å²) < 4.78 is 27.4. The van der Waals surface area contributed by atoms with E-state index in [-0.39, 0.29) is 12.6 Å². The number of sulfonamides is 1. The molecule has 0 spiro atoms. The first kappa shape index (κ1) is 16.9. The molecule has 1 aliphatic heterocycles. The van der Waals surface area contributed by atoms with E-state index in [9.17, 15) is 13.5 Å². The third-order valence-corrected chi connectivity index (χ3v) is 7.08. The summed E-state index contributed by atoms with van der Waals surface area (Å²) in [5, 5.41) is 9.35. The zero-order chi connectivity index (χ0) is 15.3. The van der Waals surface area contributed by atoms with Gasteiger partial charge in [-0.05, 0) is 37.9 Å². The van der Waals surface area contributed by atoms with Crippen molar-refractivity contribution in [1.29, 1.82) is 0 Å². The zero-order valence-electron chi connectivity index (χ0n) is 12.4. The van der Waals surface area contributed by atoms with Gasteiger partial charge < -0.3 is 5.11 Å². The second-order valence-corrected chi connectivity index (χ2v) is 8.50. The Balaban J connectivity index is 1.86. The SMILES string of the molecule is CCc1ccc(S(=O)(=O)NCCN2CCCC[C@@H]2CO)s1. The van der Waals surface area contributed by atoms with Crippen LogP contribution in [-0.2, 0) is 16.4 Å². The first-order valence-electron chi connectivity index (χ1n) is 7.50. The fraction of sp³-hybridized carbons (Fsp3) is 0.714. The van der Waals surface area contributed by atoms with Crippen LogP contribution in [0.5, 0.6) is 0 Å². The highest BCUT2D eigenvalue weighted by Crippen LogP contribution is 2.21. The summed E-state index contributed by atoms with van der Waals surface area (Å²) in [7, 11) is -3.40. The van der Waals surface area contributed by atoms with Crippen LogP contribution in [0.2, 0.25) is 0 Å². The number of aryl methyl sites for hydroxylation is 1. The Kier molecular flexibility index (Phi) is 6.19. The van der Waals surface area contributed by atoms with Crippen molar-refractivity contribution < 1.29 is 13.5 Å². The van der Waals surface area contributed by atoms with Crippen LogP contribution in [-0.4, -0.2) is 50.7 Å². The highest BCUT2D eigenvalue weighted by atomic mass is 32.2. The summed E-state index contributed by atoms with van der Waals surface area (Å²) in [6.07, 6.45) is 4.11. The lowest BCUT2D eigenvalue weighted by atomic mass is 10.0. The average molecular weight is 332 g/mol. The minimum atomic E-state index is -3.40. The average Bonchev–Trinajstić information content (AvgIpc) is 2.97. The number of hydrogen-bond donors (Lipinski definition) is 2. The molecule has 120 valence electrons. The van der Waals surface area contributed by atoms with Gasteiger partial charge in [0.25, 0.3) is 0 Å². The van der Waals surface area contributed by atoms with Gasteiger partial charge in [0.1, 0.15) is 4.21 Å². The summed E-state index contributed by atoms with van der Waals surface area (Å²) in [5.41, 5.74) is 0. The predicted octanol–water partition coefficient (Wildman–Crippen LogP) is 1.44. The third kappa shape index (κ3) is 4.50. The van der Waals surface area contributed by atoms with E-state index < -0.39 is 10.0 Å². The van der Waals surface area contributed by atoms with Crippen LogP contribution in [0, 0.1) is 0 Å². The quantitative estimate of drug-likeness (QED) is 0.793. The maximum absolute atomic E-state index is 12.2. The molecule has 0 amide bonds. The molecule has 1 aromatic rings. The first-order valence-corrected chi connectivity index (χ1v) is 9.80. The second-order valence-electron chi connectivity index (χ2n) is 5.34. The number of thiophene rings is 1. The Hall–Kier alpha value is -0.470. The number of nitrogens with one attached hydrogen (secondary N) is 1. The molecule has 1 saturated heterocycles. The predicted molar refractivity (Wildman–Crippen MR) is 85.2 cm³/mol. The van der Waals surface area contributed by atoms with Crippen LogP contribution >= 0.6 is 11.3 Å². The van der Waals surface area contributed by atoms with Gasteiger partial charge in [-0.15, -0.1) is 11.3 Å². The van der Waals surface area contributed by atoms with Gasteiger partial charge in [0.15, 0.2) is 0 Å². The molecule has 2 heterocycles. The molecule has 0 unspecified atom stereocenters. The monoisotopic (exact) mass is 332 g/mol. The molecular weight excluding hydrogens is 308 g/mol. The van der Waals surface area contributed by atoms with Crippen molar-refractivity contribution in [1.82, 2.24) is 9.62 Å². The van der Waals surface area contributed by atoms with Crippen LogP contribution in [0.4, 0.5) is 0 Å². The highest BCUT2D eigenvalue weighted by molar-refractivity contribution is 7.91. The molecule has 0 bridgehead atoms. The number of rotatable bonds is 7. The molecule has 1 fully saturated rings. The van der Waals surface area contributed by atoms with Gasteiger partial charge in [0.2, 0.25) is 10.0 Å². The second kappa shape index (κ2) is 7.69. The molecule has 0 aliphatic carbocycles. The summed E-state index contributed by atoms with van der Waals surface area (Å²) >= 11 is 1.33. The van der Waals surface area contributed by atoms with Gasteiger partial charge in [-0.1, -0.05) is 13.3 Å². The maximum atomic E-state index is 12.2. The topological polar surface area (TPSA) is 69.6 Å². The number of nitrogens with zero attached hydrogens (tertiary/aromatic N) is 1. The molecule has 2 rings (SSSR count). The van der Waals surface area contributed by atoms with E-state index in [0.29, 0.717) is 17.3 Å². The number of aliphatic hydroxyl groups excluding tert-OH is 1. The van der Waals surface area contributed by atoms with Crippen LogP contribution in [0.1, 0.15) is 31.1 Å². The first-order chi connectivity index (χ1) is 10.1. The normalized spacial score (nSPS) is 20.8. The molecule has 1 aromatic heterocycles. The Morgan fingerprint density at radius 2 is 2.24 bits per heavy atom. The Morgan fingerprint density at radius 1 is 1.43 bits per heavy atom. The van der Waals surface area contributed by atoms with Crippen molar-refractivity contribution in [3.63, 3.8) is 0 Å². The van der Waals surface area contributed by atoms with Crippen molar-refractivity contribution in [2.24, 2.45) is 0 Å². The lowest BCUT2D eigenvalue weighted by molar-refractivity contribution is 0.0923. The highest BCUT2D eigenvalue weighted by Gasteiger charge is 2.22. The lowest BCUT2D eigenvalue weighted by Gasteiger charge is -2.34. The van der Waals surface area contributed by atoms with Crippen molar-refractivity contribution in [3.8, 4) is 0 Å². The summed E-state index contributed by atoms with van der Waals surface area (Å²) in [5.74, 6) is 0. The molecular formula is C14H24N2O3S2. The van der Waals surface area contributed by atoms with Crippen molar-refractivity contribution in [3.05, 3.63) is 17.0 Å². The van der Waals surface area contributed by atoms with E-state index in [4.69, 9.17) is 0 Å². The van der Waals surface area contributed by atoms with Gasteiger partial charge >= 0.3 is 0 Å². The number of piperidine rings is 1. The molecule has 5 nitrogen and oxygen atoms in total. The molecule has 1 aliphatic rings. The fourth-order valence-electron chi connectivity index (χ4n) is 2.65. The molecule has 0 saturated carbocycles. The molecule has 7 heteroatoms. The van der Waals surface area contributed by atoms with Crippen LogP contribution in [0.25, 0.3) is 0 Å². The van der Waals surface area contributed by atoms with E-state index >= 15 is 0 Å². The number of hydrogen-bond acceptors (Lipinski definition) is 5. The van der Waals surface area contributed by atoms with Crippen molar-refractivity contribution in [2.75, 3.05) is 26.2 Å². The Bertz CT molecular complexity index is 542. The Labute approximate surface area is 131 Å². The van der Waals surface area contributed by atoms with Crippen molar-refractivity contribution in [2.45, 2.75) is 42.9 Å². The van der Waals surface area contributed by atoms with Crippen LogP contribution in [0.3, 0.4) is 0 Å². The van der Waals surface area contributed by atoms with Gasteiger partial charge in [-0.25, -0.2) is 13.1 Å². The minimum Gasteiger partial charge on any atom is -0.395 e. The van der Waals surface area contributed by atoms with Gasteiger partial charge in [0.05, 0.1) is 6.61 Å². The molecule has 0 aromatic carbocycles. The maximum Gasteiger partial charge on any atom is 0.250 e. The molecule has 2 N–H and O–H groups in total. The third-order valence-electron chi connectivity index (χ3n) is 3.90. The summed E-state index contributed by atoms with van der Waals surface area (Å²) in [6.45, 7) is 4.14. The van der Waals surface area contributed by atoms with Crippen molar-refractivity contribution >= 4 is 21.4 Å². The van der Waals surface area contributed by atoms with E-state index in [2.05, 4.69) is 9.62 Å². The number of likely N-dealkylation sites (tertiary alicyclic amines) is 1. The number of aliphatic hydroxyl groups is 1. The van der Waals surface area contributed by atoms with Crippen LogP contribution < -0.4 is 4.72 Å². The summed E-state index contributed by atoms with van der Waals surface area (Å²) in [6, 6.07) is 3.71. The van der Waals surface area contributed by atoms with E-state index in [1.54, 1.807) is 6.07 Å². The molecule has 21 heavy (non-hydrogen) atoms. The summed E-state index contributed by atoms with van der Waals surface area (Å²) in [4.78, 5) is 3.25. The lowest BCUT2D eigenvalue weighted by Crippen LogP contribution is -2.45. The van der Waals surface area contributed by atoms with Crippen LogP contribution in [0.15, 0.2) is 16.3 Å². The van der Waals surface area contributed by atoms with Gasteiger partial charge in [-0.3, -0.25) is 4.90 Å². The smallest absolute Gasteiger partial charge is 0.250 e. The Morgan fingerprint density at radius 3 is 2.90 bits per heavy atom. The van der Waals surface area contributed by atoms with E-state index in [1.165, 1.54) is 11.3 Å². The van der Waals surface area contributed by atoms with E-state index in [0.717, 1.165) is 37.1 Å². The standard InChI is InChI=1S/C14H24N2O3S2/c1-2-13-6-7-14(20-13)21(18,19)15-8-10-16-9-4-3-5-12(16)11-17/h6-7,12,15,17H,2-5,8-11H2,1H3/t12-/m1/s1.